The first-order valence-electron chi connectivity index (χ1n) is 16.2. The van der Waals surface area contributed by atoms with Crippen LogP contribution in [0.1, 0.15) is 74.0 Å². The van der Waals surface area contributed by atoms with E-state index >= 15 is 4.39 Å². The van der Waals surface area contributed by atoms with Crippen LogP contribution in [0, 0.1) is 11.3 Å². The predicted octanol–water partition coefficient (Wildman–Crippen LogP) is 5.73. The highest BCUT2D eigenvalue weighted by Gasteiger charge is 2.54. The van der Waals surface area contributed by atoms with Gasteiger partial charge in [0.15, 0.2) is 12.0 Å². The molecule has 1 spiro atoms. The fraction of sp³-hybridized carbons (Fsp3) is 0.588. The van der Waals surface area contributed by atoms with Crippen LogP contribution in [-0.4, -0.2) is 82.3 Å². The molecule has 12 heteroatoms. The zero-order chi connectivity index (χ0) is 32.4. The molecule has 46 heavy (non-hydrogen) atoms. The smallest absolute Gasteiger partial charge is 0.318 e. The third kappa shape index (κ3) is 4.86. The van der Waals surface area contributed by atoms with Crippen molar-refractivity contribution in [3.05, 3.63) is 58.0 Å². The van der Waals surface area contributed by atoms with Crippen molar-refractivity contribution in [2.75, 3.05) is 37.7 Å². The number of carbonyl (C=O) groups is 1. The lowest BCUT2D eigenvalue weighted by molar-refractivity contribution is -0.131. The standard InChI is InChI=1S/C34H38ClF3N6O2/c1-20(36)31(45)43-16-15-42(18-22(43)9-13-39)30-24-8-12-34(11-7-23-25(34)5-3-6-26(23)35)29(38)28(24)40-32(41-30)46-19-33-10-4-14-44(33)21(2)27(37)17-33/h3,5-6,21-22,27,29H,1,4,7-12,14-19H2,2H3/t21-,22-,27+,29-,33-,34+/m0/s1. The van der Waals surface area contributed by atoms with Gasteiger partial charge in [0.25, 0.3) is 5.91 Å². The van der Waals surface area contributed by atoms with Gasteiger partial charge >= 0.3 is 6.01 Å². The lowest BCUT2D eigenvalue weighted by Gasteiger charge is -2.43. The maximum absolute atomic E-state index is 17.2. The number of alkyl halides is 2. The van der Waals surface area contributed by atoms with E-state index in [4.69, 9.17) is 26.3 Å². The highest BCUT2D eigenvalue weighted by atomic mass is 35.5. The molecule has 3 saturated heterocycles. The van der Waals surface area contributed by atoms with E-state index in [0.29, 0.717) is 55.1 Å². The molecule has 244 valence electrons. The summed E-state index contributed by atoms with van der Waals surface area (Å²) in [6.45, 7) is 6.69. The number of hydrogen-bond acceptors (Lipinski definition) is 7. The molecule has 0 saturated carbocycles. The van der Waals surface area contributed by atoms with E-state index in [0.717, 1.165) is 30.5 Å². The van der Waals surface area contributed by atoms with Gasteiger partial charge in [-0.25, -0.2) is 13.2 Å². The van der Waals surface area contributed by atoms with Gasteiger partial charge in [0, 0.05) is 48.1 Å². The minimum atomic E-state index is -1.45. The van der Waals surface area contributed by atoms with Crippen molar-refractivity contribution >= 4 is 23.3 Å². The van der Waals surface area contributed by atoms with Crippen molar-refractivity contribution in [1.29, 1.82) is 5.26 Å². The van der Waals surface area contributed by atoms with E-state index in [9.17, 15) is 18.8 Å². The Morgan fingerprint density at radius 3 is 2.72 bits per heavy atom. The minimum Gasteiger partial charge on any atom is -0.461 e. The SMILES string of the molecule is C=C(F)C(=O)N1CCN(c2nc(OC[C@@]34CCCN3[C@@H](C)[C@H](F)C4)nc3c2CC[C@@]2(CCc4c(Cl)cccc42)[C@H]3F)C[C@@H]1CC#N. The number of nitriles is 1. The lowest BCUT2D eigenvalue weighted by Crippen LogP contribution is -2.55. The molecule has 1 aromatic heterocycles. The number of rotatable bonds is 6. The predicted molar refractivity (Wildman–Crippen MR) is 167 cm³/mol. The van der Waals surface area contributed by atoms with Crippen LogP contribution in [0.3, 0.4) is 0 Å². The van der Waals surface area contributed by atoms with Gasteiger partial charge in [0.2, 0.25) is 0 Å². The number of carbonyl (C=O) groups excluding carboxylic acids is 1. The number of nitrogens with zero attached hydrogens (tertiary/aromatic N) is 6. The Labute approximate surface area is 272 Å². The fourth-order valence-electron chi connectivity index (χ4n) is 8.97. The molecule has 1 aromatic carbocycles. The summed E-state index contributed by atoms with van der Waals surface area (Å²) in [5, 5.41) is 10.2. The van der Waals surface area contributed by atoms with Gasteiger partial charge in [-0.3, -0.25) is 9.69 Å². The zero-order valence-electron chi connectivity index (χ0n) is 26.0. The van der Waals surface area contributed by atoms with Crippen molar-refractivity contribution in [2.45, 2.75) is 93.7 Å². The molecule has 6 atom stereocenters. The van der Waals surface area contributed by atoms with Gasteiger partial charge in [-0.2, -0.15) is 15.2 Å². The fourth-order valence-corrected chi connectivity index (χ4v) is 9.24. The molecule has 2 aliphatic carbocycles. The molecular weight excluding hydrogens is 617 g/mol. The second-order valence-corrected chi connectivity index (χ2v) is 14.0. The number of hydrogen-bond donors (Lipinski definition) is 0. The Bertz CT molecular complexity index is 1620. The summed E-state index contributed by atoms with van der Waals surface area (Å²) in [7, 11) is 0. The molecule has 0 radical (unpaired) electrons. The van der Waals surface area contributed by atoms with Crippen LogP contribution < -0.4 is 9.64 Å². The molecule has 3 aliphatic heterocycles. The summed E-state index contributed by atoms with van der Waals surface area (Å²) in [4.78, 5) is 27.6. The average Bonchev–Trinajstić information content (AvgIpc) is 3.70. The molecule has 7 rings (SSSR count). The summed E-state index contributed by atoms with van der Waals surface area (Å²) in [6.07, 6.45) is 2.03. The Morgan fingerprint density at radius 2 is 1.96 bits per heavy atom. The van der Waals surface area contributed by atoms with Crippen molar-refractivity contribution in [2.24, 2.45) is 0 Å². The molecular formula is C34H38ClF3N6O2. The zero-order valence-corrected chi connectivity index (χ0v) is 26.7. The average molecular weight is 655 g/mol. The molecule has 0 N–H and O–H groups in total. The Kier molecular flexibility index (Phi) is 7.95. The third-order valence-electron chi connectivity index (χ3n) is 11.3. The second kappa shape index (κ2) is 11.7. The number of anilines is 1. The van der Waals surface area contributed by atoms with Gasteiger partial charge in [0.1, 0.15) is 18.6 Å². The second-order valence-electron chi connectivity index (χ2n) is 13.6. The van der Waals surface area contributed by atoms with Crippen LogP contribution in [0.2, 0.25) is 5.02 Å². The first-order valence-corrected chi connectivity index (χ1v) is 16.6. The first-order chi connectivity index (χ1) is 22.1. The van der Waals surface area contributed by atoms with Gasteiger partial charge < -0.3 is 14.5 Å². The number of amides is 1. The third-order valence-corrected chi connectivity index (χ3v) is 11.7. The van der Waals surface area contributed by atoms with Gasteiger partial charge in [0.05, 0.1) is 29.8 Å². The topological polar surface area (TPSA) is 85.6 Å². The normalized spacial score (nSPS) is 31.8. The number of benzene rings is 1. The van der Waals surface area contributed by atoms with Crippen LogP contribution in [0.15, 0.2) is 30.6 Å². The van der Waals surface area contributed by atoms with Crippen molar-refractivity contribution in [1.82, 2.24) is 19.8 Å². The van der Waals surface area contributed by atoms with Crippen LogP contribution in [0.4, 0.5) is 19.0 Å². The quantitative estimate of drug-likeness (QED) is 0.368. The number of ether oxygens (including phenoxy) is 1. The minimum absolute atomic E-state index is 0.0144. The Hall–Kier alpha value is -3.36. The highest BCUT2D eigenvalue weighted by Crippen LogP contribution is 2.57. The van der Waals surface area contributed by atoms with E-state index in [-0.39, 0.29) is 43.9 Å². The molecule has 2 aromatic rings. The molecule has 3 fully saturated rings. The van der Waals surface area contributed by atoms with Crippen LogP contribution in [0.5, 0.6) is 6.01 Å². The number of halogens is 4. The largest absolute Gasteiger partial charge is 0.461 e. The summed E-state index contributed by atoms with van der Waals surface area (Å²) < 4.78 is 52.2. The van der Waals surface area contributed by atoms with E-state index in [1.165, 1.54) is 4.90 Å². The summed E-state index contributed by atoms with van der Waals surface area (Å²) in [6, 6.07) is 7.00. The van der Waals surface area contributed by atoms with Crippen molar-refractivity contribution < 1.29 is 22.7 Å². The van der Waals surface area contributed by atoms with E-state index in [1.54, 1.807) is 0 Å². The maximum atomic E-state index is 17.2. The molecule has 0 unspecified atom stereocenters. The Morgan fingerprint density at radius 1 is 1.17 bits per heavy atom. The van der Waals surface area contributed by atoms with Gasteiger partial charge in [-0.1, -0.05) is 30.3 Å². The first kappa shape index (κ1) is 31.3. The summed E-state index contributed by atoms with van der Waals surface area (Å²) >= 11 is 6.55. The highest BCUT2D eigenvalue weighted by molar-refractivity contribution is 6.31. The van der Waals surface area contributed by atoms with Crippen LogP contribution in [0.25, 0.3) is 0 Å². The number of piperazine rings is 1. The van der Waals surface area contributed by atoms with Crippen molar-refractivity contribution in [3.63, 3.8) is 0 Å². The molecule has 4 heterocycles. The van der Waals surface area contributed by atoms with Crippen LogP contribution >= 0.6 is 11.6 Å². The lowest BCUT2D eigenvalue weighted by atomic mass is 9.68. The maximum Gasteiger partial charge on any atom is 0.318 e. The summed E-state index contributed by atoms with van der Waals surface area (Å²) in [5.74, 6) is -1.42. The molecule has 5 aliphatic rings. The van der Waals surface area contributed by atoms with Gasteiger partial charge in [-0.05, 0) is 69.2 Å². The molecule has 1 amide bonds. The molecule has 0 bridgehead atoms. The molecule has 8 nitrogen and oxygen atoms in total. The van der Waals surface area contributed by atoms with E-state index < -0.39 is 41.1 Å². The van der Waals surface area contributed by atoms with Gasteiger partial charge in [-0.15, -0.1) is 0 Å². The van der Waals surface area contributed by atoms with E-state index in [2.05, 4.69) is 17.5 Å². The van der Waals surface area contributed by atoms with Crippen LogP contribution in [-0.2, 0) is 23.1 Å². The van der Waals surface area contributed by atoms with E-state index in [1.807, 2.05) is 30.0 Å². The summed E-state index contributed by atoms with van der Waals surface area (Å²) in [5.41, 5.74) is 1.60. The Balaban J connectivity index is 1.26. The number of fused-ring (bicyclic) bond motifs is 4. The van der Waals surface area contributed by atoms with Crippen molar-refractivity contribution in [3.8, 4) is 12.1 Å². The number of aromatic nitrogens is 2. The monoisotopic (exact) mass is 654 g/mol.